The first-order chi connectivity index (χ1) is 5.82. The van der Waals surface area contributed by atoms with Gasteiger partial charge in [0, 0.05) is 19.1 Å². The van der Waals surface area contributed by atoms with Crippen LogP contribution in [0.3, 0.4) is 0 Å². The molecule has 13 heavy (non-hydrogen) atoms. The summed E-state index contributed by atoms with van der Waals surface area (Å²) in [4.78, 5) is 1.89. The molecule has 0 saturated carbocycles. The zero-order valence-electron chi connectivity index (χ0n) is 8.23. The van der Waals surface area contributed by atoms with Crippen molar-refractivity contribution in [3.05, 3.63) is 0 Å². The predicted octanol–water partition coefficient (Wildman–Crippen LogP) is 2.53. The Balaban J connectivity index is 2.62. The van der Waals surface area contributed by atoms with Gasteiger partial charge in [-0.25, -0.2) is 0 Å². The van der Waals surface area contributed by atoms with Crippen LogP contribution in [0.25, 0.3) is 0 Å². The Morgan fingerprint density at radius 2 is 1.77 bits per heavy atom. The van der Waals surface area contributed by atoms with E-state index < -0.39 is 12.1 Å². The van der Waals surface area contributed by atoms with Crippen LogP contribution in [0.5, 0.6) is 0 Å². The fourth-order valence-electron chi connectivity index (χ4n) is 1.85. The molecule has 1 aliphatic rings. The van der Waals surface area contributed by atoms with Gasteiger partial charge in [-0.2, -0.15) is 13.2 Å². The number of rotatable bonds is 1. The SMILES string of the molecule is CC(C)N1C[C@@H](C)[C@H](C(F)(F)F)C1. The van der Waals surface area contributed by atoms with Gasteiger partial charge in [0.1, 0.15) is 0 Å². The second-order valence-electron chi connectivity index (χ2n) is 4.17. The quantitative estimate of drug-likeness (QED) is 0.621. The van der Waals surface area contributed by atoms with Gasteiger partial charge in [-0.3, -0.25) is 0 Å². The van der Waals surface area contributed by atoms with E-state index in [1.54, 1.807) is 6.92 Å². The number of likely N-dealkylation sites (tertiary alicyclic amines) is 1. The summed E-state index contributed by atoms with van der Waals surface area (Å²) in [6.45, 7) is 6.29. The van der Waals surface area contributed by atoms with Crippen LogP contribution in [0.15, 0.2) is 0 Å². The van der Waals surface area contributed by atoms with E-state index in [9.17, 15) is 13.2 Å². The smallest absolute Gasteiger partial charge is 0.300 e. The van der Waals surface area contributed by atoms with E-state index in [1.165, 1.54) is 0 Å². The van der Waals surface area contributed by atoms with Crippen molar-refractivity contribution in [3.8, 4) is 0 Å². The van der Waals surface area contributed by atoms with Crippen molar-refractivity contribution in [3.63, 3.8) is 0 Å². The minimum atomic E-state index is -4.02. The predicted molar refractivity (Wildman–Crippen MR) is 45.4 cm³/mol. The molecule has 0 radical (unpaired) electrons. The van der Waals surface area contributed by atoms with Crippen LogP contribution in [-0.4, -0.2) is 30.2 Å². The van der Waals surface area contributed by atoms with E-state index in [0.29, 0.717) is 6.54 Å². The van der Waals surface area contributed by atoms with Crippen LogP contribution in [0.4, 0.5) is 13.2 Å². The molecule has 0 aliphatic carbocycles. The first kappa shape index (κ1) is 10.8. The standard InChI is InChI=1S/C9H16F3N/c1-6(2)13-4-7(3)8(5-13)9(10,11)12/h6-8H,4-5H2,1-3H3/t7-,8-/m1/s1. The van der Waals surface area contributed by atoms with E-state index in [1.807, 2.05) is 18.7 Å². The highest BCUT2D eigenvalue weighted by Gasteiger charge is 2.47. The Labute approximate surface area is 76.9 Å². The molecule has 0 spiro atoms. The molecule has 1 nitrogen and oxygen atoms in total. The molecular weight excluding hydrogens is 179 g/mol. The minimum Gasteiger partial charge on any atom is -0.300 e. The maximum atomic E-state index is 12.4. The molecule has 0 bridgehead atoms. The number of halogens is 3. The van der Waals surface area contributed by atoms with Crippen molar-refractivity contribution in [1.29, 1.82) is 0 Å². The Bertz CT molecular complexity index is 176. The number of hydrogen-bond acceptors (Lipinski definition) is 1. The zero-order valence-corrected chi connectivity index (χ0v) is 8.23. The van der Waals surface area contributed by atoms with E-state index in [-0.39, 0.29) is 18.5 Å². The molecule has 1 fully saturated rings. The third-order valence-corrected chi connectivity index (χ3v) is 2.79. The average Bonchev–Trinajstić information content (AvgIpc) is 2.29. The lowest BCUT2D eigenvalue weighted by molar-refractivity contribution is -0.179. The molecule has 1 heterocycles. The molecule has 0 unspecified atom stereocenters. The molecule has 1 aliphatic heterocycles. The van der Waals surface area contributed by atoms with Gasteiger partial charge in [-0.15, -0.1) is 0 Å². The van der Waals surface area contributed by atoms with Gasteiger partial charge in [-0.05, 0) is 19.8 Å². The molecule has 2 atom stereocenters. The highest BCUT2D eigenvalue weighted by molar-refractivity contribution is 4.87. The van der Waals surface area contributed by atoms with Gasteiger partial charge < -0.3 is 4.90 Å². The monoisotopic (exact) mass is 195 g/mol. The maximum absolute atomic E-state index is 12.4. The maximum Gasteiger partial charge on any atom is 0.393 e. The second kappa shape index (κ2) is 3.48. The summed E-state index contributed by atoms with van der Waals surface area (Å²) >= 11 is 0. The summed E-state index contributed by atoms with van der Waals surface area (Å²) in [7, 11) is 0. The van der Waals surface area contributed by atoms with Crippen LogP contribution >= 0.6 is 0 Å². The Morgan fingerprint density at radius 3 is 2.00 bits per heavy atom. The molecule has 1 saturated heterocycles. The second-order valence-corrected chi connectivity index (χ2v) is 4.17. The molecule has 1 rings (SSSR count). The van der Waals surface area contributed by atoms with E-state index >= 15 is 0 Å². The largest absolute Gasteiger partial charge is 0.393 e. The van der Waals surface area contributed by atoms with Gasteiger partial charge >= 0.3 is 6.18 Å². The highest BCUT2D eigenvalue weighted by Crippen LogP contribution is 2.37. The fraction of sp³-hybridized carbons (Fsp3) is 1.00. The van der Waals surface area contributed by atoms with Crippen LogP contribution in [0.2, 0.25) is 0 Å². The lowest BCUT2D eigenvalue weighted by Gasteiger charge is -2.20. The first-order valence-electron chi connectivity index (χ1n) is 4.63. The van der Waals surface area contributed by atoms with Gasteiger partial charge in [0.05, 0.1) is 5.92 Å². The molecule has 78 valence electrons. The Morgan fingerprint density at radius 1 is 1.23 bits per heavy atom. The molecule has 0 aromatic rings. The van der Waals surface area contributed by atoms with Crippen LogP contribution in [0.1, 0.15) is 20.8 Å². The van der Waals surface area contributed by atoms with Crippen molar-refractivity contribution in [1.82, 2.24) is 4.90 Å². The third kappa shape index (κ3) is 2.36. The number of alkyl halides is 3. The van der Waals surface area contributed by atoms with Crippen molar-refractivity contribution in [2.45, 2.75) is 33.0 Å². The molecule has 0 aromatic heterocycles. The highest BCUT2D eigenvalue weighted by atomic mass is 19.4. The summed E-state index contributed by atoms with van der Waals surface area (Å²) in [6, 6.07) is 0.217. The number of nitrogens with zero attached hydrogens (tertiary/aromatic N) is 1. The molecule has 0 aromatic carbocycles. The van der Waals surface area contributed by atoms with Crippen LogP contribution in [0, 0.1) is 11.8 Å². The molecule has 0 N–H and O–H groups in total. The van der Waals surface area contributed by atoms with Crippen molar-refractivity contribution in [2.75, 3.05) is 13.1 Å². The van der Waals surface area contributed by atoms with Gasteiger partial charge in [0.2, 0.25) is 0 Å². The third-order valence-electron chi connectivity index (χ3n) is 2.79. The topological polar surface area (TPSA) is 3.24 Å². The van der Waals surface area contributed by atoms with Crippen molar-refractivity contribution in [2.24, 2.45) is 11.8 Å². The van der Waals surface area contributed by atoms with Crippen LogP contribution in [-0.2, 0) is 0 Å². The van der Waals surface area contributed by atoms with Gasteiger partial charge in [-0.1, -0.05) is 6.92 Å². The minimum absolute atomic E-state index is 0.169. The normalized spacial score (nSPS) is 31.6. The van der Waals surface area contributed by atoms with Gasteiger partial charge in [0.25, 0.3) is 0 Å². The Kier molecular flexibility index (Phi) is 2.90. The molecule has 4 heteroatoms. The molecular formula is C9H16F3N. The average molecular weight is 195 g/mol. The lowest BCUT2D eigenvalue weighted by Crippen LogP contribution is -2.32. The van der Waals surface area contributed by atoms with Crippen molar-refractivity contribution < 1.29 is 13.2 Å². The van der Waals surface area contributed by atoms with E-state index in [4.69, 9.17) is 0 Å². The summed E-state index contributed by atoms with van der Waals surface area (Å²) in [5.74, 6) is -1.39. The lowest BCUT2D eigenvalue weighted by atomic mass is 9.98. The van der Waals surface area contributed by atoms with E-state index in [2.05, 4.69) is 0 Å². The van der Waals surface area contributed by atoms with E-state index in [0.717, 1.165) is 0 Å². The Hall–Kier alpha value is -0.250. The zero-order chi connectivity index (χ0) is 10.2. The summed E-state index contributed by atoms with van der Waals surface area (Å²) < 4.78 is 37.3. The summed E-state index contributed by atoms with van der Waals surface area (Å²) in [5.41, 5.74) is 0. The summed E-state index contributed by atoms with van der Waals surface area (Å²) in [6.07, 6.45) is -4.02. The van der Waals surface area contributed by atoms with Gasteiger partial charge in [0.15, 0.2) is 0 Å². The summed E-state index contributed by atoms with van der Waals surface area (Å²) in [5, 5.41) is 0. The first-order valence-corrected chi connectivity index (χ1v) is 4.63. The van der Waals surface area contributed by atoms with Crippen LogP contribution < -0.4 is 0 Å². The van der Waals surface area contributed by atoms with Crippen molar-refractivity contribution >= 4 is 0 Å². The molecule has 0 amide bonds. The number of hydrogen-bond donors (Lipinski definition) is 0. The fourth-order valence-corrected chi connectivity index (χ4v) is 1.85.